The second-order valence-corrected chi connectivity index (χ2v) is 2.09. The highest BCUT2D eigenvalue weighted by atomic mass is 16.5. The summed E-state index contributed by atoms with van der Waals surface area (Å²) in [6.07, 6.45) is 1.34. The van der Waals surface area contributed by atoms with E-state index in [0.717, 1.165) is 6.42 Å². The molecule has 2 nitrogen and oxygen atoms in total. The molecule has 1 atom stereocenters. The Morgan fingerprint density at radius 3 is 3.38 bits per heavy atom. The molecule has 1 heterocycles. The topological polar surface area (TPSA) is 26.3 Å². The molecule has 0 aromatic carbocycles. The molecule has 1 fully saturated rings. The molecule has 0 aromatic heterocycles. The molecule has 46 valence electrons. The lowest BCUT2D eigenvalue weighted by Crippen LogP contribution is -2.18. The van der Waals surface area contributed by atoms with Crippen molar-refractivity contribution in [1.82, 2.24) is 0 Å². The Morgan fingerprint density at radius 1 is 2.00 bits per heavy atom. The Hall–Kier alpha value is -0.530. The quantitative estimate of drug-likeness (QED) is 0.439. The van der Waals surface area contributed by atoms with Crippen molar-refractivity contribution in [3.8, 4) is 0 Å². The third-order valence-corrected chi connectivity index (χ3v) is 1.24. The van der Waals surface area contributed by atoms with Crippen molar-refractivity contribution < 1.29 is 10.9 Å². The highest BCUT2D eigenvalue weighted by Crippen LogP contribution is 2.12. The van der Waals surface area contributed by atoms with Crippen molar-refractivity contribution in [2.24, 2.45) is 5.92 Å². The van der Waals surface area contributed by atoms with Gasteiger partial charge in [0.25, 0.3) is 0 Å². The van der Waals surface area contributed by atoms with Gasteiger partial charge in [0.2, 0.25) is 0 Å². The van der Waals surface area contributed by atoms with Gasteiger partial charge in [-0.3, -0.25) is 4.79 Å². The van der Waals surface area contributed by atoms with Gasteiger partial charge in [0.05, 0.1) is 6.61 Å². The normalized spacial score (nSPS) is 31.2. The first-order chi connectivity index (χ1) is 4.33. The van der Waals surface area contributed by atoms with Gasteiger partial charge in [-0.2, -0.15) is 0 Å². The summed E-state index contributed by atoms with van der Waals surface area (Å²) in [5, 5.41) is 0. The summed E-state index contributed by atoms with van der Waals surface area (Å²) in [6, 6.07) is 0. The monoisotopic (exact) mass is 115 g/mol. The summed E-state index contributed by atoms with van der Waals surface area (Å²) in [5.41, 5.74) is 0. The zero-order valence-electron chi connectivity index (χ0n) is 5.72. The van der Waals surface area contributed by atoms with E-state index in [1.165, 1.54) is 0 Å². The van der Waals surface area contributed by atoms with E-state index in [9.17, 15) is 4.79 Å². The predicted octanol–water partition coefficient (Wildman–Crippen LogP) is 0.960. The van der Waals surface area contributed by atoms with Gasteiger partial charge in [-0.05, 0) is 12.3 Å². The minimum Gasteiger partial charge on any atom is -0.465 e. The second-order valence-electron chi connectivity index (χ2n) is 2.09. The Kier molecular flexibility index (Phi) is 1.18. The fraction of sp³-hybridized carbons (Fsp3) is 0.833. The van der Waals surface area contributed by atoms with Crippen LogP contribution in [0.4, 0.5) is 0 Å². The Morgan fingerprint density at radius 2 is 2.88 bits per heavy atom. The summed E-state index contributed by atoms with van der Waals surface area (Å²) in [7, 11) is 0. The smallest absolute Gasteiger partial charge is 0.305 e. The average molecular weight is 115 g/mol. The number of hydrogen-bond donors (Lipinski definition) is 0. The van der Waals surface area contributed by atoms with Crippen LogP contribution in [0, 0.1) is 5.92 Å². The molecule has 1 aliphatic heterocycles. The maximum Gasteiger partial charge on any atom is 0.305 e. The largest absolute Gasteiger partial charge is 0.465 e. The molecule has 1 rings (SSSR count). The summed E-state index contributed by atoms with van der Waals surface area (Å²) in [6.45, 7) is 0.843. The second kappa shape index (κ2) is 2.16. The van der Waals surface area contributed by atoms with Crippen LogP contribution in [0.5, 0.6) is 0 Å². The third-order valence-electron chi connectivity index (χ3n) is 1.24. The molecule has 0 bridgehead atoms. The summed E-state index contributed by atoms with van der Waals surface area (Å²) in [4.78, 5) is 10.4. The fourth-order valence-electron chi connectivity index (χ4n) is 0.688. The zero-order valence-corrected chi connectivity index (χ0v) is 4.72. The molecule has 0 N–H and O–H groups in total. The first kappa shape index (κ1) is 4.36. The van der Waals surface area contributed by atoms with E-state index in [-0.39, 0.29) is 5.97 Å². The molecule has 0 spiro atoms. The lowest BCUT2D eigenvalue weighted by atomic mass is 10.1. The van der Waals surface area contributed by atoms with Gasteiger partial charge in [0.1, 0.15) is 0 Å². The minimum absolute atomic E-state index is 0.111. The molecule has 8 heavy (non-hydrogen) atoms. The Labute approximate surface area is 50.2 Å². The van der Waals surface area contributed by atoms with E-state index in [1.54, 1.807) is 0 Å². The van der Waals surface area contributed by atoms with E-state index in [1.807, 2.05) is 0 Å². The SMILES string of the molecule is [2H]CC1CCC(=O)OC1. The van der Waals surface area contributed by atoms with Crippen LogP contribution in [-0.2, 0) is 9.53 Å². The highest BCUT2D eigenvalue weighted by molar-refractivity contribution is 5.69. The molecular weight excluding hydrogens is 104 g/mol. The first-order valence-electron chi connectivity index (χ1n) is 3.48. The van der Waals surface area contributed by atoms with Crippen LogP contribution < -0.4 is 0 Å². The molecule has 1 unspecified atom stereocenters. The van der Waals surface area contributed by atoms with E-state index < -0.39 is 0 Å². The number of esters is 1. The van der Waals surface area contributed by atoms with Crippen molar-refractivity contribution in [2.45, 2.75) is 19.7 Å². The molecule has 0 saturated carbocycles. The molecular formula is C6H10O2. The molecule has 0 aliphatic carbocycles. The number of carbonyl (C=O) groups excluding carboxylic acids is 1. The highest BCUT2D eigenvalue weighted by Gasteiger charge is 2.14. The number of carbonyl (C=O) groups is 1. The number of cyclic esters (lactones) is 1. The minimum atomic E-state index is -0.111. The molecule has 1 aliphatic rings. The maximum atomic E-state index is 10.4. The third kappa shape index (κ3) is 1.22. The van der Waals surface area contributed by atoms with Crippen molar-refractivity contribution in [3.05, 3.63) is 0 Å². The van der Waals surface area contributed by atoms with Crippen molar-refractivity contribution >= 4 is 5.97 Å². The standard InChI is InChI=1S/C6H10O2/c1-5-2-3-6(7)8-4-5/h5H,2-4H2,1H3/i1D. The predicted molar refractivity (Wildman–Crippen MR) is 29.4 cm³/mol. The van der Waals surface area contributed by atoms with Gasteiger partial charge < -0.3 is 4.74 Å². The number of hydrogen-bond acceptors (Lipinski definition) is 2. The molecule has 0 aromatic rings. The summed E-state index contributed by atoms with van der Waals surface area (Å²) >= 11 is 0. The van der Waals surface area contributed by atoms with E-state index in [2.05, 4.69) is 0 Å². The zero-order chi connectivity index (χ0) is 6.69. The number of ether oxygens (including phenoxy) is 1. The van der Waals surface area contributed by atoms with Crippen molar-refractivity contribution in [3.63, 3.8) is 0 Å². The molecule has 0 radical (unpaired) electrons. The first-order valence-corrected chi connectivity index (χ1v) is 2.78. The fourth-order valence-corrected chi connectivity index (χ4v) is 0.688. The summed E-state index contributed by atoms with van der Waals surface area (Å²) in [5.74, 6) is 0.183. The molecule has 0 amide bonds. The van der Waals surface area contributed by atoms with Crippen LogP contribution in [0.1, 0.15) is 21.1 Å². The van der Waals surface area contributed by atoms with Crippen LogP contribution in [-0.4, -0.2) is 12.6 Å². The van der Waals surface area contributed by atoms with Gasteiger partial charge in [0.15, 0.2) is 0 Å². The molecule has 1 saturated heterocycles. The van der Waals surface area contributed by atoms with E-state index in [4.69, 9.17) is 6.11 Å². The van der Waals surface area contributed by atoms with Gasteiger partial charge in [-0.15, -0.1) is 0 Å². The Balaban J connectivity index is 2.26. The van der Waals surface area contributed by atoms with Crippen LogP contribution in [0.25, 0.3) is 0 Å². The van der Waals surface area contributed by atoms with Crippen LogP contribution in [0.15, 0.2) is 0 Å². The van der Waals surface area contributed by atoms with Crippen molar-refractivity contribution in [1.29, 1.82) is 0 Å². The lowest BCUT2D eigenvalue weighted by Gasteiger charge is -2.16. The van der Waals surface area contributed by atoms with Gasteiger partial charge in [-0.25, -0.2) is 0 Å². The van der Waals surface area contributed by atoms with Crippen molar-refractivity contribution in [2.75, 3.05) is 6.61 Å². The van der Waals surface area contributed by atoms with Crippen LogP contribution in [0.2, 0.25) is 0 Å². The van der Waals surface area contributed by atoms with E-state index >= 15 is 0 Å². The van der Waals surface area contributed by atoms with Gasteiger partial charge in [-0.1, -0.05) is 6.90 Å². The van der Waals surface area contributed by atoms with Crippen LogP contribution in [0.3, 0.4) is 0 Å². The maximum absolute atomic E-state index is 10.4. The van der Waals surface area contributed by atoms with Gasteiger partial charge in [0, 0.05) is 7.79 Å². The lowest BCUT2D eigenvalue weighted by molar-refractivity contribution is -0.149. The summed E-state index contributed by atoms with van der Waals surface area (Å²) < 4.78 is 11.7. The molecule has 2 heteroatoms. The van der Waals surface area contributed by atoms with E-state index in [0.29, 0.717) is 25.8 Å². The van der Waals surface area contributed by atoms with Gasteiger partial charge >= 0.3 is 5.97 Å². The average Bonchev–Trinajstić information content (AvgIpc) is 1.90. The number of rotatable bonds is 0. The van der Waals surface area contributed by atoms with Crippen LogP contribution >= 0.6 is 0 Å². The Bertz CT molecular complexity index is 104.